The summed E-state index contributed by atoms with van der Waals surface area (Å²) in [6, 6.07) is 0. The van der Waals surface area contributed by atoms with Crippen LogP contribution in [-0.4, -0.2) is 21.1 Å². The van der Waals surface area contributed by atoms with E-state index in [2.05, 4.69) is 48.2 Å². The van der Waals surface area contributed by atoms with Gasteiger partial charge in [-0.3, -0.25) is 10.1 Å². The minimum atomic E-state index is -0.137. The van der Waals surface area contributed by atoms with Gasteiger partial charge in [-0.2, -0.15) is 0 Å². The van der Waals surface area contributed by atoms with Crippen LogP contribution in [0.25, 0.3) is 0 Å². The first-order valence-electron chi connectivity index (χ1n) is 8.05. The molecule has 0 radical (unpaired) electrons. The molecule has 0 aliphatic carbocycles. The maximum Gasteiger partial charge on any atom is 0.269 e. The highest BCUT2D eigenvalue weighted by atomic mass is 32.1. The first-order chi connectivity index (χ1) is 10.9. The van der Waals surface area contributed by atoms with Gasteiger partial charge in [-0.15, -0.1) is 21.5 Å². The zero-order chi connectivity index (χ0) is 17.0. The molecule has 0 unspecified atom stereocenters. The minimum Gasteiger partial charge on any atom is -0.296 e. The smallest absolute Gasteiger partial charge is 0.269 e. The fraction of sp³-hybridized carbons (Fsp3) is 0.625. The van der Waals surface area contributed by atoms with Crippen molar-refractivity contribution in [3.63, 3.8) is 0 Å². The van der Waals surface area contributed by atoms with Crippen LogP contribution >= 0.6 is 22.7 Å². The molecular weight excluding hydrogens is 328 g/mol. The number of hydrogen-bond acceptors (Lipinski definition) is 6. The molecule has 0 aliphatic rings. The third kappa shape index (κ3) is 4.57. The van der Waals surface area contributed by atoms with Crippen molar-refractivity contribution in [1.82, 2.24) is 15.2 Å². The third-order valence-corrected chi connectivity index (χ3v) is 5.81. The van der Waals surface area contributed by atoms with Crippen molar-refractivity contribution in [3.05, 3.63) is 20.6 Å². The first-order valence-corrected chi connectivity index (χ1v) is 9.68. The highest BCUT2D eigenvalue weighted by molar-refractivity contribution is 7.16. The predicted octanol–water partition coefficient (Wildman–Crippen LogP) is 4.66. The number of amides is 1. The van der Waals surface area contributed by atoms with E-state index in [4.69, 9.17) is 0 Å². The van der Waals surface area contributed by atoms with E-state index in [9.17, 15) is 4.79 Å². The van der Waals surface area contributed by atoms with Gasteiger partial charge >= 0.3 is 0 Å². The number of nitrogens with zero attached hydrogens (tertiary/aromatic N) is 3. The number of carbonyl (C=O) groups is 1. The summed E-state index contributed by atoms with van der Waals surface area (Å²) < 4.78 is 0. The van der Waals surface area contributed by atoms with Crippen LogP contribution in [-0.2, 0) is 6.42 Å². The predicted molar refractivity (Wildman–Crippen MR) is 96.6 cm³/mol. The van der Waals surface area contributed by atoms with Crippen LogP contribution in [0.4, 0.5) is 5.13 Å². The Hall–Kier alpha value is -1.34. The lowest BCUT2D eigenvalue weighted by molar-refractivity contribution is 0.102. The molecule has 0 spiro atoms. The van der Waals surface area contributed by atoms with Crippen molar-refractivity contribution >= 4 is 33.7 Å². The Morgan fingerprint density at radius 1 is 1.17 bits per heavy atom. The second kappa shape index (κ2) is 7.97. The largest absolute Gasteiger partial charge is 0.296 e. The maximum atomic E-state index is 12.5. The minimum absolute atomic E-state index is 0.137. The van der Waals surface area contributed by atoms with Gasteiger partial charge in [0.15, 0.2) is 0 Å². The van der Waals surface area contributed by atoms with E-state index in [0.29, 0.717) is 21.8 Å². The van der Waals surface area contributed by atoms with Gasteiger partial charge in [-0.1, -0.05) is 39.0 Å². The van der Waals surface area contributed by atoms with Gasteiger partial charge < -0.3 is 0 Å². The van der Waals surface area contributed by atoms with E-state index in [1.165, 1.54) is 22.7 Å². The van der Waals surface area contributed by atoms with E-state index >= 15 is 0 Å². The molecule has 1 amide bonds. The molecule has 5 nitrogen and oxygen atoms in total. The second-order valence-corrected chi connectivity index (χ2v) is 8.13. The number of nitrogens with one attached hydrogen (secondary N) is 1. The summed E-state index contributed by atoms with van der Waals surface area (Å²) in [5.74, 6) is 0.811. The average Bonchev–Trinajstić information content (AvgIpc) is 3.07. The fourth-order valence-electron chi connectivity index (χ4n) is 2.34. The number of aryl methyl sites for hydroxylation is 1. The molecule has 2 heterocycles. The van der Waals surface area contributed by atoms with Crippen LogP contribution in [0.2, 0.25) is 0 Å². The maximum absolute atomic E-state index is 12.5. The van der Waals surface area contributed by atoms with Crippen molar-refractivity contribution in [3.8, 4) is 0 Å². The van der Waals surface area contributed by atoms with Crippen molar-refractivity contribution in [2.45, 2.75) is 59.8 Å². The van der Waals surface area contributed by atoms with E-state index in [1.807, 2.05) is 6.92 Å². The number of rotatable bonds is 7. The molecule has 0 bridgehead atoms. The van der Waals surface area contributed by atoms with Gasteiger partial charge in [-0.25, -0.2) is 4.98 Å². The van der Waals surface area contributed by atoms with Crippen molar-refractivity contribution < 1.29 is 4.79 Å². The van der Waals surface area contributed by atoms with Crippen LogP contribution in [0.5, 0.6) is 0 Å². The highest BCUT2D eigenvalue weighted by Gasteiger charge is 2.19. The lowest BCUT2D eigenvalue weighted by atomic mass is 10.1. The number of thiazole rings is 1. The Morgan fingerprint density at radius 3 is 2.48 bits per heavy atom. The molecular formula is C16H24N4OS2. The molecule has 0 fully saturated rings. The number of hydrogen-bond donors (Lipinski definition) is 1. The molecule has 2 rings (SSSR count). The summed E-state index contributed by atoms with van der Waals surface area (Å²) in [4.78, 5) is 17.6. The van der Waals surface area contributed by atoms with Crippen LogP contribution in [0.3, 0.4) is 0 Å². The van der Waals surface area contributed by atoms with Crippen LogP contribution < -0.4 is 5.32 Å². The zero-order valence-corrected chi connectivity index (χ0v) is 16.0. The van der Waals surface area contributed by atoms with E-state index in [0.717, 1.165) is 35.0 Å². The highest BCUT2D eigenvalue weighted by Crippen LogP contribution is 2.29. The van der Waals surface area contributed by atoms with Crippen LogP contribution in [0.1, 0.15) is 71.8 Å². The molecule has 0 saturated carbocycles. The topological polar surface area (TPSA) is 67.8 Å². The SMILES string of the molecule is CCC(CC)c1nnc(NC(=O)c2sc(CC(C)C)nc2C)s1. The van der Waals surface area contributed by atoms with E-state index in [-0.39, 0.29) is 5.91 Å². The molecule has 2 aromatic rings. The molecule has 0 aliphatic heterocycles. The van der Waals surface area contributed by atoms with Gasteiger partial charge in [0.2, 0.25) is 5.13 Å². The number of carbonyl (C=O) groups excluding carboxylic acids is 1. The molecule has 0 atom stereocenters. The Labute approximate surface area is 145 Å². The van der Waals surface area contributed by atoms with Gasteiger partial charge in [0, 0.05) is 12.3 Å². The molecule has 2 aromatic heterocycles. The summed E-state index contributed by atoms with van der Waals surface area (Å²) >= 11 is 2.94. The summed E-state index contributed by atoms with van der Waals surface area (Å²) in [5, 5.41) is 13.8. The third-order valence-electron chi connectivity index (χ3n) is 3.63. The monoisotopic (exact) mass is 352 g/mol. The van der Waals surface area contributed by atoms with Gasteiger partial charge in [0.05, 0.1) is 10.7 Å². The van der Waals surface area contributed by atoms with Crippen molar-refractivity contribution in [2.24, 2.45) is 5.92 Å². The molecule has 126 valence electrons. The van der Waals surface area contributed by atoms with Gasteiger partial charge in [0.25, 0.3) is 5.91 Å². The quantitative estimate of drug-likeness (QED) is 0.787. The lowest BCUT2D eigenvalue weighted by Crippen LogP contribution is -2.11. The summed E-state index contributed by atoms with van der Waals surface area (Å²) in [6.45, 7) is 10.5. The first kappa shape index (κ1) is 18.0. The molecule has 0 aromatic carbocycles. The Balaban J connectivity index is 2.09. The molecule has 0 saturated heterocycles. The molecule has 1 N–H and O–H groups in total. The standard InChI is InChI=1S/C16H24N4OS2/c1-6-11(7-2)15-19-20-16(23-15)18-14(21)13-10(5)17-12(22-13)8-9(3)4/h9,11H,6-8H2,1-5H3,(H,18,20,21). The number of aromatic nitrogens is 3. The average molecular weight is 353 g/mol. The summed E-state index contributed by atoms with van der Waals surface area (Å²) in [6.07, 6.45) is 2.97. The Morgan fingerprint density at radius 2 is 1.87 bits per heavy atom. The Bertz CT molecular complexity index is 659. The van der Waals surface area contributed by atoms with Gasteiger partial charge in [0.1, 0.15) is 9.88 Å². The molecule has 7 heteroatoms. The van der Waals surface area contributed by atoms with Gasteiger partial charge in [-0.05, 0) is 25.7 Å². The van der Waals surface area contributed by atoms with Crippen molar-refractivity contribution in [2.75, 3.05) is 5.32 Å². The lowest BCUT2D eigenvalue weighted by Gasteiger charge is -2.05. The molecule has 23 heavy (non-hydrogen) atoms. The number of anilines is 1. The van der Waals surface area contributed by atoms with Crippen molar-refractivity contribution in [1.29, 1.82) is 0 Å². The summed E-state index contributed by atoms with van der Waals surface area (Å²) in [5.41, 5.74) is 0.785. The van der Waals surface area contributed by atoms with Crippen LogP contribution in [0.15, 0.2) is 0 Å². The Kier molecular flexibility index (Phi) is 6.24. The fourth-order valence-corrected chi connectivity index (χ4v) is 4.52. The summed E-state index contributed by atoms with van der Waals surface area (Å²) in [7, 11) is 0. The normalized spacial score (nSPS) is 11.4. The second-order valence-electron chi connectivity index (χ2n) is 6.03. The van der Waals surface area contributed by atoms with E-state index < -0.39 is 0 Å². The van der Waals surface area contributed by atoms with Crippen LogP contribution in [0, 0.1) is 12.8 Å². The van der Waals surface area contributed by atoms with E-state index in [1.54, 1.807) is 0 Å². The zero-order valence-electron chi connectivity index (χ0n) is 14.3.